The Labute approximate surface area is 107 Å². The standard InChI is InChI=1S/C11H15F3N2OS/c1-16(5-9(17)11(12,13)14)4-8-6-18-10(15-8)7-2-3-7/h6-7,9,17H,2-5H2,1H3. The first kappa shape index (κ1) is 13.8. The first-order valence-corrected chi connectivity index (χ1v) is 6.62. The number of aliphatic hydroxyl groups is 1. The van der Waals surface area contributed by atoms with Crippen LogP contribution in [0.4, 0.5) is 13.2 Å². The number of likely N-dealkylation sites (N-methyl/N-ethyl adjacent to an activating group) is 1. The van der Waals surface area contributed by atoms with Crippen molar-refractivity contribution >= 4 is 11.3 Å². The highest BCUT2D eigenvalue weighted by atomic mass is 32.1. The van der Waals surface area contributed by atoms with Gasteiger partial charge in [0.25, 0.3) is 0 Å². The van der Waals surface area contributed by atoms with Gasteiger partial charge in [-0.15, -0.1) is 11.3 Å². The maximum atomic E-state index is 12.2. The molecule has 102 valence electrons. The van der Waals surface area contributed by atoms with Crippen LogP contribution in [0, 0.1) is 0 Å². The normalized spacial score (nSPS) is 18.3. The topological polar surface area (TPSA) is 36.4 Å². The molecule has 1 unspecified atom stereocenters. The molecule has 1 aromatic heterocycles. The molecule has 3 nitrogen and oxygen atoms in total. The van der Waals surface area contributed by atoms with Gasteiger partial charge in [0, 0.05) is 24.4 Å². The molecule has 1 aliphatic carbocycles. The van der Waals surface area contributed by atoms with E-state index in [1.54, 1.807) is 18.4 Å². The van der Waals surface area contributed by atoms with Crippen LogP contribution in [0.3, 0.4) is 0 Å². The summed E-state index contributed by atoms with van der Waals surface area (Å²) in [6.45, 7) is -0.101. The van der Waals surface area contributed by atoms with Crippen LogP contribution >= 0.6 is 11.3 Å². The number of hydrogen-bond donors (Lipinski definition) is 1. The Kier molecular flexibility index (Phi) is 3.93. The highest BCUT2D eigenvalue weighted by Crippen LogP contribution is 2.41. The van der Waals surface area contributed by atoms with Crippen molar-refractivity contribution in [2.24, 2.45) is 0 Å². The number of aliphatic hydroxyl groups excluding tert-OH is 1. The summed E-state index contributed by atoms with van der Waals surface area (Å²) < 4.78 is 36.5. The fraction of sp³-hybridized carbons (Fsp3) is 0.727. The van der Waals surface area contributed by atoms with Gasteiger partial charge in [0.1, 0.15) is 0 Å². The van der Waals surface area contributed by atoms with Crippen LogP contribution in [0.25, 0.3) is 0 Å². The lowest BCUT2D eigenvalue weighted by Crippen LogP contribution is -2.39. The zero-order valence-electron chi connectivity index (χ0n) is 9.94. The van der Waals surface area contributed by atoms with Crippen LogP contribution in [-0.2, 0) is 6.54 Å². The molecule has 1 atom stereocenters. The van der Waals surface area contributed by atoms with Gasteiger partial charge in [0.05, 0.1) is 10.7 Å². The summed E-state index contributed by atoms with van der Waals surface area (Å²) in [6.07, 6.45) is -4.54. The minimum absolute atomic E-state index is 0.330. The molecule has 0 aromatic carbocycles. The number of thiazole rings is 1. The van der Waals surface area contributed by atoms with E-state index in [9.17, 15) is 13.2 Å². The van der Waals surface area contributed by atoms with Crippen molar-refractivity contribution in [2.75, 3.05) is 13.6 Å². The largest absolute Gasteiger partial charge is 0.415 e. The van der Waals surface area contributed by atoms with Gasteiger partial charge >= 0.3 is 6.18 Å². The minimum Gasteiger partial charge on any atom is -0.382 e. The number of aromatic nitrogens is 1. The van der Waals surface area contributed by atoms with E-state index in [1.165, 1.54) is 4.90 Å². The van der Waals surface area contributed by atoms with Gasteiger partial charge in [0.15, 0.2) is 6.10 Å². The molecule has 0 amide bonds. The average molecular weight is 280 g/mol. The third-order valence-corrected chi connectivity index (χ3v) is 3.85. The lowest BCUT2D eigenvalue weighted by molar-refractivity contribution is -0.207. The van der Waals surface area contributed by atoms with E-state index in [4.69, 9.17) is 5.11 Å². The summed E-state index contributed by atoms with van der Waals surface area (Å²) >= 11 is 1.56. The monoisotopic (exact) mass is 280 g/mol. The highest BCUT2D eigenvalue weighted by molar-refractivity contribution is 7.09. The lowest BCUT2D eigenvalue weighted by atomic mass is 10.3. The van der Waals surface area contributed by atoms with Crippen molar-refractivity contribution in [1.29, 1.82) is 0 Å². The molecule has 7 heteroatoms. The van der Waals surface area contributed by atoms with E-state index in [0.717, 1.165) is 23.5 Å². The first-order chi connectivity index (χ1) is 8.36. The predicted molar refractivity (Wildman–Crippen MR) is 62.5 cm³/mol. The second-order valence-electron chi connectivity index (χ2n) is 4.71. The van der Waals surface area contributed by atoms with Gasteiger partial charge in [-0.25, -0.2) is 4.98 Å². The number of hydrogen-bond acceptors (Lipinski definition) is 4. The molecule has 0 radical (unpaired) electrons. The summed E-state index contributed by atoms with van der Waals surface area (Å²) in [5.41, 5.74) is 0.777. The van der Waals surface area contributed by atoms with Crippen LogP contribution in [0.1, 0.15) is 29.5 Å². The molecule has 2 rings (SSSR count). The van der Waals surface area contributed by atoms with Gasteiger partial charge in [0.2, 0.25) is 0 Å². The van der Waals surface area contributed by atoms with Gasteiger partial charge in [-0.1, -0.05) is 0 Å². The Morgan fingerprint density at radius 2 is 2.22 bits per heavy atom. The van der Waals surface area contributed by atoms with E-state index in [0.29, 0.717) is 12.5 Å². The molecule has 0 saturated heterocycles. The van der Waals surface area contributed by atoms with Gasteiger partial charge in [-0.05, 0) is 19.9 Å². The molecule has 1 heterocycles. The zero-order valence-corrected chi connectivity index (χ0v) is 10.8. The van der Waals surface area contributed by atoms with Crippen LogP contribution in [-0.4, -0.2) is 40.9 Å². The Hall–Kier alpha value is -0.660. The molecule has 0 spiro atoms. The van der Waals surface area contributed by atoms with Gasteiger partial charge in [-0.2, -0.15) is 13.2 Å². The van der Waals surface area contributed by atoms with E-state index >= 15 is 0 Å². The van der Waals surface area contributed by atoms with E-state index in [2.05, 4.69) is 4.98 Å². The van der Waals surface area contributed by atoms with Crippen LogP contribution in [0.2, 0.25) is 0 Å². The summed E-state index contributed by atoms with van der Waals surface area (Å²) in [6, 6.07) is 0. The van der Waals surface area contributed by atoms with Crippen molar-refractivity contribution < 1.29 is 18.3 Å². The van der Waals surface area contributed by atoms with Gasteiger partial charge in [-0.3, -0.25) is 4.90 Å². The molecule has 0 aliphatic heterocycles. The first-order valence-electron chi connectivity index (χ1n) is 5.74. The van der Waals surface area contributed by atoms with E-state index in [1.807, 2.05) is 5.38 Å². The van der Waals surface area contributed by atoms with Crippen LogP contribution < -0.4 is 0 Å². The maximum absolute atomic E-state index is 12.2. The Morgan fingerprint density at radius 3 is 2.78 bits per heavy atom. The quantitative estimate of drug-likeness (QED) is 0.899. The van der Waals surface area contributed by atoms with Crippen LogP contribution in [0.15, 0.2) is 5.38 Å². The molecule has 0 bridgehead atoms. The second kappa shape index (κ2) is 5.14. The smallest absolute Gasteiger partial charge is 0.382 e. The van der Waals surface area contributed by atoms with E-state index in [-0.39, 0.29) is 0 Å². The average Bonchev–Trinajstić information content (AvgIpc) is 2.99. The predicted octanol–water partition coefficient (Wildman–Crippen LogP) is 2.38. The molecular formula is C11H15F3N2OS. The van der Waals surface area contributed by atoms with Crippen LogP contribution in [0.5, 0.6) is 0 Å². The van der Waals surface area contributed by atoms with Crippen molar-refractivity contribution in [3.63, 3.8) is 0 Å². The fourth-order valence-electron chi connectivity index (χ4n) is 1.65. The highest BCUT2D eigenvalue weighted by Gasteiger charge is 2.38. The molecule has 1 fully saturated rings. The Bertz CT molecular complexity index is 403. The Morgan fingerprint density at radius 1 is 1.56 bits per heavy atom. The van der Waals surface area contributed by atoms with E-state index < -0.39 is 18.8 Å². The second-order valence-corrected chi connectivity index (χ2v) is 5.60. The molecule has 1 aromatic rings. The molecule has 1 aliphatic rings. The lowest BCUT2D eigenvalue weighted by Gasteiger charge is -2.21. The summed E-state index contributed by atoms with van der Waals surface area (Å²) in [4.78, 5) is 5.83. The van der Waals surface area contributed by atoms with Crippen molar-refractivity contribution in [3.05, 3.63) is 16.1 Å². The number of alkyl halides is 3. The van der Waals surface area contributed by atoms with Gasteiger partial charge < -0.3 is 5.11 Å². The van der Waals surface area contributed by atoms with Crippen molar-refractivity contribution in [3.8, 4) is 0 Å². The van der Waals surface area contributed by atoms with Crippen molar-refractivity contribution in [1.82, 2.24) is 9.88 Å². The molecule has 1 N–H and O–H groups in total. The molecule has 1 saturated carbocycles. The zero-order chi connectivity index (χ0) is 13.3. The minimum atomic E-state index is -4.56. The van der Waals surface area contributed by atoms with Crippen molar-refractivity contribution in [2.45, 2.75) is 37.6 Å². The molecule has 18 heavy (non-hydrogen) atoms. The summed E-state index contributed by atoms with van der Waals surface area (Å²) in [5.74, 6) is 0.565. The summed E-state index contributed by atoms with van der Waals surface area (Å²) in [7, 11) is 1.55. The SMILES string of the molecule is CN(Cc1csc(C2CC2)n1)CC(O)C(F)(F)F. The number of rotatable bonds is 5. The fourth-order valence-corrected chi connectivity index (χ4v) is 2.64. The Balaban J connectivity index is 1.84. The number of halogens is 3. The third kappa shape index (κ3) is 3.66. The maximum Gasteiger partial charge on any atom is 0.415 e. The summed E-state index contributed by atoms with van der Waals surface area (Å²) in [5, 5.41) is 11.9. The molecular weight excluding hydrogens is 265 g/mol. The number of nitrogens with zero attached hydrogens (tertiary/aromatic N) is 2. The third-order valence-electron chi connectivity index (χ3n) is 2.79.